The molecule has 0 bridgehead atoms. The van der Waals surface area contributed by atoms with Crippen LogP contribution in [0.1, 0.15) is 22.9 Å². The molecule has 0 unspecified atom stereocenters. The molecule has 3 rings (SSSR count). The van der Waals surface area contributed by atoms with E-state index in [4.69, 9.17) is 4.52 Å². The van der Waals surface area contributed by atoms with Crippen molar-refractivity contribution in [2.24, 2.45) is 0 Å². The average molecular weight is 419 g/mol. The van der Waals surface area contributed by atoms with Crippen LogP contribution in [0.3, 0.4) is 0 Å². The molecule has 2 aromatic carbocycles. The van der Waals surface area contributed by atoms with Gasteiger partial charge in [-0.05, 0) is 30.7 Å². The fourth-order valence-electron chi connectivity index (χ4n) is 2.85. The number of aromatic nitrogens is 1. The smallest absolute Gasteiger partial charge is 0.405 e. The van der Waals surface area contributed by atoms with Crippen molar-refractivity contribution >= 4 is 22.0 Å². The van der Waals surface area contributed by atoms with Gasteiger partial charge in [0.15, 0.2) is 5.76 Å². The van der Waals surface area contributed by atoms with Crippen LogP contribution in [-0.4, -0.2) is 16.4 Å². The quantitative estimate of drug-likeness (QED) is 0.603. The highest BCUT2D eigenvalue weighted by Gasteiger charge is 2.26. The summed E-state index contributed by atoms with van der Waals surface area (Å²) in [7, 11) is 0. The first-order valence-electron chi connectivity index (χ1n) is 7.90. The van der Waals surface area contributed by atoms with Crippen LogP contribution in [0.15, 0.2) is 57.5 Å². The SMILES string of the molecule is Cc1noc(-c2ccc(Br)cc2)c1[C@@H](Cc1ccccc1F)NC(=O)O. The number of carboxylic acid groups (broad SMARTS) is 1. The Morgan fingerprint density at radius 1 is 1.27 bits per heavy atom. The fourth-order valence-corrected chi connectivity index (χ4v) is 3.12. The highest BCUT2D eigenvalue weighted by molar-refractivity contribution is 9.10. The zero-order chi connectivity index (χ0) is 18.7. The van der Waals surface area contributed by atoms with Gasteiger partial charge in [-0.25, -0.2) is 9.18 Å². The molecule has 0 aliphatic rings. The minimum Gasteiger partial charge on any atom is -0.465 e. The molecule has 3 aromatic rings. The van der Waals surface area contributed by atoms with Crippen LogP contribution in [-0.2, 0) is 6.42 Å². The van der Waals surface area contributed by atoms with Gasteiger partial charge in [0, 0.05) is 22.0 Å². The molecule has 0 radical (unpaired) electrons. The molecule has 1 heterocycles. The van der Waals surface area contributed by atoms with Crippen molar-refractivity contribution in [3.05, 3.63) is 75.6 Å². The standard InChI is InChI=1S/C19H16BrFN2O3/c1-11-17(18(26-23-11)12-6-8-14(20)9-7-12)16(22-19(24)25)10-13-4-2-3-5-15(13)21/h2-9,16,22H,10H2,1H3,(H,24,25)/t16-/m1/s1. The largest absolute Gasteiger partial charge is 0.465 e. The lowest BCUT2D eigenvalue weighted by Crippen LogP contribution is -2.29. The minimum absolute atomic E-state index is 0.143. The van der Waals surface area contributed by atoms with Crippen LogP contribution in [0.25, 0.3) is 11.3 Å². The number of nitrogens with zero attached hydrogens (tertiary/aromatic N) is 1. The molecular weight excluding hydrogens is 403 g/mol. The number of nitrogens with one attached hydrogen (secondary N) is 1. The molecule has 0 aliphatic heterocycles. The lowest BCUT2D eigenvalue weighted by Gasteiger charge is -2.18. The Morgan fingerprint density at radius 2 is 1.96 bits per heavy atom. The van der Waals surface area contributed by atoms with Crippen LogP contribution >= 0.6 is 15.9 Å². The first-order valence-corrected chi connectivity index (χ1v) is 8.70. The van der Waals surface area contributed by atoms with Gasteiger partial charge < -0.3 is 14.9 Å². The summed E-state index contributed by atoms with van der Waals surface area (Å²) in [6.45, 7) is 1.74. The molecule has 0 aliphatic carbocycles. The van der Waals surface area contributed by atoms with Crippen molar-refractivity contribution in [2.45, 2.75) is 19.4 Å². The number of carbonyl (C=O) groups is 1. The van der Waals surface area contributed by atoms with Gasteiger partial charge in [0.1, 0.15) is 5.82 Å². The number of aryl methyl sites for hydroxylation is 1. The van der Waals surface area contributed by atoms with Crippen molar-refractivity contribution in [2.75, 3.05) is 0 Å². The van der Waals surface area contributed by atoms with E-state index >= 15 is 0 Å². The van der Waals surface area contributed by atoms with Crippen LogP contribution < -0.4 is 5.32 Å². The van der Waals surface area contributed by atoms with E-state index in [1.54, 1.807) is 25.1 Å². The summed E-state index contributed by atoms with van der Waals surface area (Å²) in [5.41, 5.74) is 2.32. The summed E-state index contributed by atoms with van der Waals surface area (Å²) in [6, 6.07) is 13.0. The second-order valence-corrected chi connectivity index (χ2v) is 6.73. The number of amides is 1. The fraction of sp³-hybridized carbons (Fsp3) is 0.158. The zero-order valence-corrected chi connectivity index (χ0v) is 15.5. The third-order valence-electron chi connectivity index (χ3n) is 4.04. The summed E-state index contributed by atoms with van der Waals surface area (Å²) in [5, 5.41) is 15.7. The lowest BCUT2D eigenvalue weighted by atomic mass is 9.95. The molecule has 1 atom stereocenters. The summed E-state index contributed by atoms with van der Waals surface area (Å²) < 4.78 is 20.4. The number of benzene rings is 2. The van der Waals surface area contributed by atoms with Crippen LogP contribution in [0.4, 0.5) is 9.18 Å². The Kier molecular flexibility index (Phi) is 5.37. The van der Waals surface area contributed by atoms with E-state index in [-0.39, 0.29) is 12.2 Å². The predicted octanol–water partition coefficient (Wildman–Crippen LogP) is 5.10. The number of rotatable bonds is 5. The van der Waals surface area contributed by atoms with E-state index in [1.165, 1.54) is 6.07 Å². The molecule has 2 N–H and O–H groups in total. The summed E-state index contributed by atoms with van der Waals surface area (Å²) in [4.78, 5) is 11.3. The van der Waals surface area contributed by atoms with E-state index in [9.17, 15) is 14.3 Å². The van der Waals surface area contributed by atoms with Gasteiger partial charge >= 0.3 is 6.09 Å². The maximum Gasteiger partial charge on any atom is 0.405 e. The molecular formula is C19H16BrFN2O3. The number of hydrogen-bond donors (Lipinski definition) is 2. The second kappa shape index (κ2) is 7.70. The van der Waals surface area contributed by atoms with Crippen LogP contribution in [0, 0.1) is 12.7 Å². The summed E-state index contributed by atoms with van der Waals surface area (Å²) in [5.74, 6) is 0.0778. The zero-order valence-electron chi connectivity index (χ0n) is 13.9. The molecule has 0 saturated heterocycles. The van der Waals surface area contributed by atoms with Crippen LogP contribution in [0.5, 0.6) is 0 Å². The van der Waals surface area contributed by atoms with Gasteiger partial charge in [0.05, 0.1) is 11.7 Å². The van der Waals surface area contributed by atoms with Crippen molar-refractivity contribution in [3.8, 4) is 11.3 Å². The Labute approximate surface area is 158 Å². The van der Waals surface area contributed by atoms with Crippen LogP contribution in [0.2, 0.25) is 0 Å². The van der Waals surface area contributed by atoms with Crippen molar-refractivity contribution in [1.29, 1.82) is 0 Å². The molecule has 1 aromatic heterocycles. The van der Waals surface area contributed by atoms with Crippen molar-refractivity contribution in [3.63, 3.8) is 0 Å². The molecule has 5 nitrogen and oxygen atoms in total. The number of hydrogen-bond acceptors (Lipinski definition) is 3. The monoisotopic (exact) mass is 418 g/mol. The molecule has 0 saturated carbocycles. The summed E-state index contributed by atoms with van der Waals surface area (Å²) >= 11 is 3.38. The average Bonchev–Trinajstić information content (AvgIpc) is 2.98. The molecule has 134 valence electrons. The first kappa shape index (κ1) is 18.1. The normalized spacial score (nSPS) is 12.0. The third-order valence-corrected chi connectivity index (χ3v) is 4.57. The van der Waals surface area contributed by atoms with Gasteiger partial charge in [-0.15, -0.1) is 0 Å². The van der Waals surface area contributed by atoms with E-state index in [0.29, 0.717) is 22.6 Å². The van der Waals surface area contributed by atoms with Gasteiger partial charge in [0.25, 0.3) is 0 Å². The van der Waals surface area contributed by atoms with E-state index in [2.05, 4.69) is 26.4 Å². The highest BCUT2D eigenvalue weighted by Crippen LogP contribution is 2.33. The highest BCUT2D eigenvalue weighted by atomic mass is 79.9. The number of halogens is 2. The van der Waals surface area contributed by atoms with E-state index in [0.717, 1.165) is 10.0 Å². The first-order chi connectivity index (χ1) is 12.5. The topological polar surface area (TPSA) is 75.4 Å². The Morgan fingerprint density at radius 3 is 2.62 bits per heavy atom. The Balaban J connectivity index is 2.04. The lowest BCUT2D eigenvalue weighted by molar-refractivity contribution is 0.189. The van der Waals surface area contributed by atoms with Gasteiger partial charge in [-0.1, -0.05) is 51.4 Å². The molecule has 26 heavy (non-hydrogen) atoms. The predicted molar refractivity (Wildman–Crippen MR) is 98.4 cm³/mol. The molecule has 0 spiro atoms. The van der Waals surface area contributed by atoms with E-state index < -0.39 is 12.1 Å². The maximum absolute atomic E-state index is 14.1. The Hall–Kier alpha value is -2.67. The maximum atomic E-state index is 14.1. The van der Waals surface area contributed by atoms with E-state index in [1.807, 2.05) is 24.3 Å². The van der Waals surface area contributed by atoms with Gasteiger partial charge in [-0.3, -0.25) is 0 Å². The van der Waals surface area contributed by atoms with Crippen molar-refractivity contribution < 1.29 is 18.8 Å². The van der Waals surface area contributed by atoms with Gasteiger partial charge in [-0.2, -0.15) is 0 Å². The van der Waals surface area contributed by atoms with Crippen molar-refractivity contribution in [1.82, 2.24) is 10.5 Å². The second-order valence-electron chi connectivity index (χ2n) is 5.82. The Bertz CT molecular complexity index is 925. The van der Waals surface area contributed by atoms with Gasteiger partial charge in [0.2, 0.25) is 0 Å². The third kappa shape index (κ3) is 3.94. The molecule has 1 amide bonds. The molecule has 7 heteroatoms. The molecule has 0 fully saturated rings. The minimum atomic E-state index is -1.20. The summed E-state index contributed by atoms with van der Waals surface area (Å²) in [6.07, 6.45) is -1.06.